The largest absolute Gasteiger partial charge is 0.508 e. The maximum absolute atomic E-state index is 9.78. The molecule has 2 aromatic rings. The Balaban J connectivity index is 1.92. The number of halogens is 1. The van der Waals surface area contributed by atoms with E-state index in [0.29, 0.717) is 30.3 Å². The fourth-order valence-corrected chi connectivity index (χ4v) is 2.06. The van der Waals surface area contributed by atoms with Gasteiger partial charge in [0.05, 0.1) is 6.61 Å². The minimum Gasteiger partial charge on any atom is -0.508 e. The van der Waals surface area contributed by atoms with Gasteiger partial charge in [-0.15, -0.1) is 0 Å². The number of aromatic hydroxyl groups is 1. The van der Waals surface area contributed by atoms with Gasteiger partial charge >= 0.3 is 0 Å². The first-order chi connectivity index (χ1) is 10.2. The Morgan fingerprint density at radius 3 is 2.52 bits per heavy atom. The van der Waals surface area contributed by atoms with E-state index < -0.39 is 0 Å². The Labute approximate surface area is 129 Å². The van der Waals surface area contributed by atoms with E-state index in [0.717, 1.165) is 11.4 Å². The second-order valence-corrected chi connectivity index (χ2v) is 4.86. The number of anilines is 1. The third-order valence-electron chi connectivity index (χ3n) is 2.97. The van der Waals surface area contributed by atoms with Crippen LogP contribution in [0.4, 0.5) is 5.69 Å². The van der Waals surface area contributed by atoms with Gasteiger partial charge in [-0.1, -0.05) is 17.7 Å². The standard InChI is InChI=1S/C16H18ClNO3/c1-20-9-10-21-13-7-5-12(6-8-13)18-11-14-15(17)3-2-4-16(14)19/h2-8,18-19H,9-11H2,1H3. The smallest absolute Gasteiger partial charge is 0.122 e. The van der Waals surface area contributed by atoms with Gasteiger partial charge in [0.15, 0.2) is 0 Å². The van der Waals surface area contributed by atoms with Gasteiger partial charge in [0, 0.05) is 29.9 Å². The van der Waals surface area contributed by atoms with Crippen molar-refractivity contribution >= 4 is 17.3 Å². The number of ether oxygens (including phenoxy) is 2. The van der Waals surface area contributed by atoms with Crippen molar-refractivity contribution in [3.05, 3.63) is 53.1 Å². The molecule has 0 aliphatic rings. The van der Waals surface area contributed by atoms with E-state index in [1.807, 2.05) is 24.3 Å². The van der Waals surface area contributed by atoms with E-state index in [2.05, 4.69) is 5.32 Å². The first-order valence-electron chi connectivity index (χ1n) is 6.62. The van der Waals surface area contributed by atoms with E-state index in [1.54, 1.807) is 25.3 Å². The first-order valence-corrected chi connectivity index (χ1v) is 7.00. The van der Waals surface area contributed by atoms with E-state index >= 15 is 0 Å². The molecule has 5 heteroatoms. The van der Waals surface area contributed by atoms with Crippen LogP contribution in [-0.2, 0) is 11.3 Å². The molecule has 0 aromatic heterocycles. The predicted octanol–water partition coefficient (Wildman–Crippen LogP) is 3.68. The highest BCUT2D eigenvalue weighted by Gasteiger charge is 2.05. The summed E-state index contributed by atoms with van der Waals surface area (Å²) in [4.78, 5) is 0. The Morgan fingerprint density at radius 2 is 1.86 bits per heavy atom. The SMILES string of the molecule is COCCOc1ccc(NCc2c(O)cccc2Cl)cc1. The maximum atomic E-state index is 9.78. The summed E-state index contributed by atoms with van der Waals surface area (Å²) in [6.45, 7) is 1.54. The van der Waals surface area contributed by atoms with Crippen LogP contribution in [0, 0.1) is 0 Å². The van der Waals surface area contributed by atoms with Crippen molar-refractivity contribution in [1.82, 2.24) is 0 Å². The molecule has 0 radical (unpaired) electrons. The van der Waals surface area contributed by atoms with Crippen LogP contribution in [0.15, 0.2) is 42.5 Å². The van der Waals surface area contributed by atoms with Gasteiger partial charge in [-0.05, 0) is 36.4 Å². The van der Waals surface area contributed by atoms with Gasteiger partial charge < -0.3 is 19.9 Å². The summed E-state index contributed by atoms with van der Waals surface area (Å²) in [6, 6.07) is 12.7. The molecule has 0 bridgehead atoms. The van der Waals surface area contributed by atoms with Crippen LogP contribution in [0.1, 0.15) is 5.56 Å². The average Bonchev–Trinajstić information content (AvgIpc) is 2.48. The molecule has 0 aliphatic heterocycles. The fourth-order valence-electron chi connectivity index (χ4n) is 1.82. The maximum Gasteiger partial charge on any atom is 0.122 e. The summed E-state index contributed by atoms with van der Waals surface area (Å²) in [5.74, 6) is 0.979. The normalized spacial score (nSPS) is 10.4. The third kappa shape index (κ3) is 4.55. The summed E-state index contributed by atoms with van der Waals surface area (Å²) in [5.41, 5.74) is 1.60. The van der Waals surface area contributed by atoms with E-state index in [9.17, 15) is 5.11 Å². The van der Waals surface area contributed by atoms with Crippen molar-refractivity contribution in [1.29, 1.82) is 0 Å². The molecule has 0 atom stereocenters. The minimum absolute atomic E-state index is 0.189. The zero-order chi connectivity index (χ0) is 15.1. The van der Waals surface area contributed by atoms with Crippen molar-refractivity contribution < 1.29 is 14.6 Å². The van der Waals surface area contributed by atoms with Gasteiger partial charge in [0.2, 0.25) is 0 Å². The quantitative estimate of drug-likeness (QED) is 0.766. The molecule has 2 rings (SSSR count). The van der Waals surface area contributed by atoms with Crippen LogP contribution in [0.25, 0.3) is 0 Å². The molecule has 0 heterocycles. The summed E-state index contributed by atoms with van der Waals surface area (Å²) in [6.07, 6.45) is 0. The lowest BCUT2D eigenvalue weighted by molar-refractivity contribution is 0.146. The summed E-state index contributed by atoms with van der Waals surface area (Å²) in [5, 5.41) is 13.5. The van der Waals surface area contributed by atoms with Gasteiger partial charge in [-0.3, -0.25) is 0 Å². The molecule has 0 saturated heterocycles. The van der Waals surface area contributed by atoms with Gasteiger partial charge in [-0.2, -0.15) is 0 Å². The molecule has 21 heavy (non-hydrogen) atoms. The lowest BCUT2D eigenvalue weighted by Gasteiger charge is -2.11. The van der Waals surface area contributed by atoms with Crippen LogP contribution in [0.5, 0.6) is 11.5 Å². The fraction of sp³-hybridized carbons (Fsp3) is 0.250. The zero-order valence-electron chi connectivity index (χ0n) is 11.8. The van der Waals surface area contributed by atoms with Crippen molar-refractivity contribution in [2.24, 2.45) is 0 Å². The number of rotatable bonds is 7. The Morgan fingerprint density at radius 1 is 1.10 bits per heavy atom. The van der Waals surface area contributed by atoms with Crippen LogP contribution < -0.4 is 10.1 Å². The highest BCUT2D eigenvalue weighted by molar-refractivity contribution is 6.31. The zero-order valence-corrected chi connectivity index (χ0v) is 12.6. The number of phenolic OH excluding ortho intramolecular Hbond substituents is 1. The molecule has 0 spiro atoms. The number of methoxy groups -OCH3 is 1. The number of phenols is 1. The van der Waals surface area contributed by atoms with Crippen LogP contribution in [0.3, 0.4) is 0 Å². The number of hydrogen-bond acceptors (Lipinski definition) is 4. The van der Waals surface area contributed by atoms with Gasteiger partial charge in [0.25, 0.3) is 0 Å². The summed E-state index contributed by atoms with van der Waals surface area (Å²) >= 11 is 6.06. The molecule has 4 nitrogen and oxygen atoms in total. The Hall–Kier alpha value is -1.91. The number of hydrogen-bond donors (Lipinski definition) is 2. The lowest BCUT2D eigenvalue weighted by atomic mass is 10.2. The highest BCUT2D eigenvalue weighted by atomic mass is 35.5. The molecule has 0 saturated carbocycles. The predicted molar refractivity (Wildman–Crippen MR) is 84.3 cm³/mol. The van der Waals surface area contributed by atoms with Crippen LogP contribution in [0.2, 0.25) is 5.02 Å². The second-order valence-electron chi connectivity index (χ2n) is 4.46. The van der Waals surface area contributed by atoms with Gasteiger partial charge in [0.1, 0.15) is 18.1 Å². The Bertz CT molecular complexity index is 552. The van der Waals surface area contributed by atoms with E-state index in [1.165, 1.54) is 0 Å². The minimum atomic E-state index is 0.189. The molecule has 0 fully saturated rings. The summed E-state index contributed by atoms with van der Waals surface area (Å²) < 4.78 is 10.4. The molecular formula is C16H18ClNO3. The molecular weight excluding hydrogens is 290 g/mol. The monoisotopic (exact) mass is 307 g/mol. The van der Waals surface area contributed by atoms with Crippen molar-refractivity contribution in [3.8, 4) is 11.5 Å². The van der Waals surface area contributed by atoms with Crippen molar-refractivity contribution in [2.75, 3.05) is 25.6 Å². The summed E-state index contributed by atoms with van der Waals surface area (Å²) in [7, 11) is 1.64. The average molecular weight is 308 g/mol. The molecule has 2 N–H and O–H groups in total. The van der Waals surface area contributed by atoms with E-state index in [4.69, 9.17) is 21.1 Å². The van der Waals surface area contributed by atoms with Crippen molar-refractivity contribution in [2.45, 2.75) is 6.54 Å². The van der Waals surface area contributed by atoms with Crippen LogP contribution >= 0.6 is 11.6 Å². The lowest BCUT2D eigenvalue weighted by Crippen LogP contribution is -2.04. The number of nitrogens with one attached hydrogen (secondary N) is 1. The molecule has 0 aliphatic carbocycles. The van der Waals surface area contributed by atoms with Gasteiger partial charge in [-0.25, -0.2) is 0 Å². The molecule has 112 valence electrons. The third-order valence-corrected chi connectivity index (χ3v) is 3.33. The number of benzene rings is 2. The van der Waals surface area contributed by atoms with Crippen molar-refractivity contribution in [3.63, 3.8) is 0 Å². The second kappa shape index (κ2) is 7.76. The topological polar surface area (TPSA) is 50.7 Å². The Kier molecular flexibility index (Phi) is 5.72. The van der Waals surface area contributed by atoms with Crippen LogP contribution in [-0.4, -0.2) is 25.4 Å². The molecule has 2 aromatic carbocycles. The molecule has 0 unspecified atom stereocenters. The highest BCUT2D eigenvalue weighted by Crippen LogP contribution is 2.26. The first kappa shape index (κ1) is 15.5. The molecule has 0 amide bonds. The van der Waals surface area contributed by atoms with E-state index in [-0.39, 0.29) is 5.75 Å².